The van der Waals surface area contributed by atoms with Gasteiger partial charge < -0.3 is 11.1 Å². The Morgan fingerprint density at radius 1 is 1.31 bits per heavy atom. The van der Waals surface area contributed by atoms with Crippen LogP contribution in [0.2, 0.25) is 5.02 Å². The maximum atomic E-state index is 15.3. The van der Waals surface area contributed by atoms with Crippen molar-refractivity contribution in [2.75, 3.05) is 16.7 Å². The molecule has 1 aliphatic rings. The van der Waals surface area contributed by atoms with E-state index in [0.29, 0.717) is 11.5 Å². The third-order valence-corrected chi connectivity index (χ3v) is 5.09. The normalized spacial score (nSPS) is 19.6. The molecule has 2 atom stereocenters. The summed E-state index contributed by atoms with van der Waals surface area (Å²) in [5, 5.41) is 3.47. The quantitative estimate of drug-likeness (QED) is 0.671. The molecule has 0 saturated heterocycles. The van der Waals surface area contributed by atoms with Crippen molar-refractivity contribution in [3.63, 3.8) is 0 Å². The maximum Gasteiger partial charge on any atom is 0.229 e. The van der Waals surface area contributed by atoms with Crippen LogP contribution < -0.4 is 15.8 Å². The first-order valence-corrected chi connectivity index (χ1v) is 11.0. The van der Waals surface area contributed by atoms with Crippen LogP contribution in [-0.2, 0) is 10.0 Å². The fourth-order valence-corrected chi connectivity index (χ4v) is 3.81. The highest BCUT2D eigenvalue weighted by atomic mass is 35.5. The van der Waals surface area contributed by atoms with Crippen LogP contribution in [0.3, 0.4) is 0 Å². The predicted molar refractivity (Wildman–Crippen MR) is 112 cm³/mol. The fourth-order valence-electron chi connectivity index (χ4n) is 3.03. The number of nitrogens with one attached hydrogen (secondary N) is 2. The summed E-state index contributed by atoms with van der Waals surface area (Å²) in [7, 11) is -3.70. The monoisotopic (exact) mass is 440 g/mol. The van der Waals surface area contributed by atoms with E-state index in [9.17, 15) is 8.42 Å². The van der Waals surface area contributed by atoms with E-state index in [1.54, 1.807) is 6.07 Å². The molecule has 0 amide bonds. The number of amidine groups is 1. The third-order valence-electron chi connectivity index (χ3n) is 4.28. The van der Waals surface area contributed by atoms with E-state index in [4.69, 9.17) is 17.3 Å². The lowest BCUT2D eigenvalue weighted by Gasteiger charge is -2.22. The molecule has 0 saturated carbocycles. The van der Waals surface area contributed by atoms with Crippen molar-refractivity contribution in [2.24, 2.45) is 10.4 Å². The summed E-state index contributed by atoms with van der Waals surface area (Å²) >= 11 is 6.16. The SMILES string of the molecule is CC(C)(C)C1=NC(c2cc(Cl)cc(NS(C)(=O)=O)c2F)C(c2ccnc(N)n2)N1. The van der Waals surface area contributed by atoms with Crippen LogP contribution >= 0.6 is 11.6 Å². The average molecular weight is 441 g/mol. The summed E-state index contributed by atoms with van der Waals surface area (Å²) in [4.78, 5) is 12.8. The van der Waals surface area contributed by atoms with Crippen molar-refractivity contribution in [2.45, 2.75) is 32.9 Å². The van der Waals surface area contributed by atoms with E-state index >= 15 is 4.39 Å². The van der Waals surface area contributed by atoms with Gasteiger partial charge in [0, 0.05) is 22.2 Å². The topological polar surface area (TPSA) is 122 Å². The Morgan fingerprint density at radius 2 is 2.00 bits per heavy atom. The molecule has 0 aliphatic carbocycles. The summed E-state index contributed by atoms with van der Waals surface area (Å²) in [6, 6.07) is 3.05. The molecule has 1 aliphatic heterocycles. The summed E-state index contributed by atoms with van der Waals surface area (Å²) in [5.41, 5.74) is 5.81. The second-order valence-corrected chi connectivity index (χ2v) is 10.0. The summed E-state index contributed by atoms with van der Waals surface area (Å²) in [6.07, 6.45) is 2.45. The minimum atomic E-state index is -3.70. The van der Waals surface area contributed by atoms with Gasteiger partial charge in [-0.05, 0) is 18.2 Å². The van der Waals surface area contributed by atoms with Gasteiger partial charge in [-0.3, -0.25) is 9.71 Å². The number of nitrogen functional groups attached to an aromatic ring is 1. The Morgan fingerprint density at radius 3 is 2.59 bits per heavy atom. The van der Waals surface area contributed by atoms with Gasteiger partial charge in [-0.1, -0.05) is 32.4 Å². The van der Waals surface area contributed by atoms with Crippen molar-refractivity contribution in [3.05, 3.63) is 46.5 Å². The van der Waals surface area contributed by atoms with Crippen molar-refractivity contribution in [1.82, 2.24) is 15.3 Å². The van der Waals surface area contributed by atoms with E-state index in [0.717, 1.165) is 6.26 Å². The van der Waals surface area contributed by atoms with E-state index in [-0.39, 0.29) is 27.6 Å². The Kier molecular flexibility index (Phi) is 5.44. The number of halogens is 2. The van der Waals surface area contributed by atoms with Crippen molar-refractivity contribution >= 4 is 39.1 Å². The van der Waals surface area contributed by atoms with Crippen LogP contribution in [-0.4, -0.2) is 30.5 Å². The van der Waals surface area contributed by atoms with E-state index < -0.39 is 27.9 Å². The number of rotatable bonds is 4. The molecule has 1 aromatic carbocycles. The minimum absolute atomic E-state index is 0.0817. The second-order valence-electron chi connectivity index (χ2n) is 7.87. The predicted octanol–water partition coefficient (Wildman–Crippen LogP) is 3.05. The van der Waals surface area contributed by atoms with Gasteiger partial charge in [-0.15, -0.1) is 0 Å². The Balaban J connectivity index is 2.15. The molecule has 0 radical (unpaired) electrons. The second kappa shape index (κ2) is 7.42. The zero-order chi connectivity index (χ0) is 21.6. The molecular weight excluding hydrogens is 419 g/mol. The molecule has 2 heterocycles. The van der Waals surface area contributed by atoms with Gasteiger partial charge in [-0.25, -0.2) is 22.8 Å². The number of aromatic nitrogens is 2. The van der Waals surface area contributed by atoms with E-state index in [2.05, 4.69) is 25.0 Å². The van der Waals surface area contributed by atoms with Gasteiger partial charge in [0.05, 0.1) is 23.7 Å². The zero-order valence-electron chi connectivity index (χ0n) is 16.4. The summed E-state index contributed by atoms with van der Waals surface area (Å²) in [6.45, 7) is 5.91. The van der Waals surface area contributed by atoms with Crippen molar-refractivity contribution in [1.29, 1.82) is 0 Å². The number of hydrogen-bond donors (Lipinski definition) is 3. The maximum absolute atomic E-state index is 15.3. The summed E-state index contributed by atoms with van der Waals surface area (Å²) in [5.74, 6) is -0.0162. The van der Waals surface area contributed by atoms with Gasteiger partial charge in [-0.2, -0.15) is 0 Å². The molecule has 3 rings (SSSR count). The highest BCUT2D eigenvalue weighted by Crippen LogP contribution is 2.41. The van der Waals surface area contributed by atoms with Gasteiger partial charge in [0.2, 0.25) is 16.0 Å². The molecule has 4 N–H and O–H groups in total. The molecule has 0 bridgehead atoms. The van der Waals surface area contributed by atoms with Crippen molar-refractivity contribution < 1.29 is 12.8 Å². The van der Waals surface area contributed by atoms with E-state index in [1.165, 1.54) is 18.3 Å². The van der Waals surface area contributed by atoms with E-state index in [1.807, 2.05) is 20.8 Å². The number of nitrogens with zero attached hydrogens (tertiary/aromatic N) is 3. The van der Waals surface area contributed by atoms with Gasteiger partial charge >= 0.3 is 0 Å². The molecule has 1 aromatic heterocycles. The van der Waals surface area contributed by atoms with Crippen LogP contribution in [0.15, 0.2) is 29.4 Å². The third kappa shape index (κ3) is 4.76. The molecule has 8 nitrogen and oxygen atoms in total. The number of nitrogens with two attached hydrogens (primary N) is 1. The van der Waals surface area contributed by atoms with Crippen molar-refractivity contribution in [3.8, 4) is 0 Å². The van der Waals surface area contributed by atoms with Gasteiger partial charge in [0.25, 0.3) is 0 Å². The molecular formula is C18H22ClFN6O2S. The highest BCUT2D eigenvalue weighted by Gasteiger charge is 2.38. The summed E-state index contributed by atoms with van der Waals surface area (Å²) < 4.78 is 40.7. The lowest BCUT2D eigenvalue weighted by Crippen LogP contribution is -2.34. The number of hydrogen-bond acceptors (Lipinski definition) is 7. The molecule has 11 heteroatoms. The molecule has 2 unspecified atom stereocenters. The minimum Gasteiger partial charge on any atom is -0.368 e. The first-order chi connectivity index (χ1) is 13.3. The average Bonchev–Trinajstić information content (AvgIpc) is 3.02. The largest absolute Gasteiger partial charge is 0.368 e. The van der Waals surface area contributed by atoms with Crippen LogP contribution in [0.25, 0.3) is 0 Å². The lowest BCUT2D eigenvalue weighted by atomic mass is 9.95. The molecule has 29 heavy (non-hydrogen) atoms. The zero-order valence-corrected chi connectivity index (χ0v) is 17.9. The number of benzene rings is 1. The van der Waals surface area contributed by atoms with Crippen LogP contribution in [0.5, 0.6) is 0 Å². The Labute approximate surface area is 173 Å². The van der Waals surface area contributed by atoms with Crippen LogP contribution in [0, 0.1) is 11.2 Å². The van der Waals surface area contributed by atoms with Gasteiger partial charge in [0.15, 0.2) is 5.82 Å². The smallest absolute Gasteiger partial charge is 0.229 e. The highest BCUT2D eigenvalue weighted by molar-refractivity contribution is 7.92. The Bertz CT molecular complexity index is 1080. The number of anilines is 2. The van der Waals surface area contributed by atoms with Crippen LogP contribution in [0.4, 0.5) is 16.0 Å². The molecule has 2 aromatic rings. The first kappa shape index (κ1) is 21.3. The molecule has 0 fully saturated rings. The van der Waals surface area contributed by atoms with Gasteiger partial charge in [0.1, 0.15) is 11.9 Å². The van der Waals surface area contributed by atoms with Crippen LogP contribution in [0.1, 0.15) is 44.1 Å². The standard InChI is InChI=1S/C18H22ClFN6O2S/c1-18(2,3)16-24-14(15(25-16)11-5-6-22-17(21)23-11)10-7-9(19)8-12(13(10)20)26-29(4,27)28/h5-8,14-15,26H,1-4H3,(H,24,25)(H2,21,22,23). The molecule has 0 spiro atoms. The number of sulfonamides is 1. The molecule has 156 valence electrons. The Hall–Kier alpha value is -2.46. The first-order valence-electron chi connectivity index (χ1n) is 8.75. The fraction of sp³-hybridized carbons (Fsp3) is 0.389. The lowest BCUT2D eigenvalue weighted by molar-refractivity contribution is 0.513. The number of aliphatic imine (C=N–C) groups is 1.